The summed E-state index contributed by atoms with van der Waals surface area (Å²) < 4.78 is 4.58. The zero-order chi connectivity index (χ0) is 40.2. The molecule has 278 valence electrons. The molecule has 0 amide bonds. The molecule has 0 atom stereocenters. The minimum Gasteiger partial charge on any atom is -0.309 e. The molecule has 4 heteroatoms. The lowest BCUT2D eigenvalue weighted by atomic mass is 9.78. The summed E-state index contributed by atoms with van der Waals surface area (Å²) in [7, 11) is 0. The maximum absolute atomic E-state index is 11.4. The molecule has 9 aromatic carbocycles. The molecular formula is C56H34N4. The molecule has 0 aliphatic carbocycles. The van der Waals surface area contributed by atoms with Crippen LogP contribution in [0, 0.1) is 22.7 Å². The highest BCUT2D eigenvalue weighted by Crippen LogP contribution is 2.49. The lowest BCUT2D eigenvalue weighted by Gasteiger charge is -2.23. The molecule has 0 saturated carbocycles. The molecule has 0 bridgehead atoms. The van der Waals surface area contributed by atoms with Crippen LogP contribution in [-0.2, 0) is 0 Å². The molecule has 4 nitrogen and oxygen atoms in total. The van der Waals surface area contributed by atoms with Gasteiger partial charge in [-0.1, -0.05) is 158 Å². The van der Waals surface area contributed by atoms with Gasteiger partial charge in [-0.05, 0) is 70.8 Å². The molecule has 11 rings (SSSR count). The van der Waals surface area contributed by atoms with E-state index in [1.165, 1.54) is 21.5 Å². The van der Waals surface area contributed by atoms with E-state index >= 15 is 0 Å². The molecule has 2 heterocycles. The second kappa shape index (κ2) is 14.2. The Morgan fingerprint density at radius 1 is 0.267 bits per heavy atom. The van der Waals surface area contributed by atoms with E-state index in [9.17, 15) is 10.5 Å². The number of rotatable bonds is 6. The predicted octanol–water partition coefficient (Wildman–Crippen LogP) is 14.3. The Labute approximate surface area is 347 Å². The number of para-hydroxylation sites is 4. The van der Waals surface area contributed by atoms with E-state index in [1.54, 1.807) is 0 Å². The first kappa shape index (κ1) is 34.8. The van der Waals surface area contributed by atoms with Gasteiger partial charge in [-0.25, -0.2) is 0 Å². The second-order valence-electron chi connectivity index (χ2n) is 15.0. The van der Waals surface area contributed by atoms with Crippen molar-refractivity contribution < 1.29 is 0 Å². The Morgan fingerprint density at radius 3 is 0.800 bits per heavy atom. The zero-order valence-corrected chi connectivity index (χ0v) is 32.4. The predicted molar refractivity (Wildman–Crippen MR) is 246 cm³/mol. The van der Waals surface area contributed by atoms with Crippen molar-refractivity contribution in [1.82, 2.24) is 9.13 Å². The Hall–Kier alpha value is -8.44. The molecule has 0 radical (unpaired) electrons. The molecule has 60 heavy (non-hydrogen) atoms. The first-order chi connectivity index (χ1) is 29.7. The number of aromatic nitrogens is 2. The van der Waals surface area contributed by atoms with Crippen LogP contribution in [0.3, 0.4) is 0 Å². The van der Waals surface area contributed by atoms with Crippen molar-refractivity contribution in [1.29, 1.82) is 10.5 Å². The van der Waals surface area contributed by atoms with Gasteiger partial charge in [0.2, 0.25) is 0 Å². The van der Waals surface area contributed by atoms with Crippen molar-refractivity contribution in [2.24, 2.45) is 0 Å². The van der Waals surface area contributed by atoms with Gasteiger partial charge in [0.05, 0.1) is 33.2 Å². The number of nitrogens with zero attached hydrogens (tertiary/aromatic N) is 4. The average molecular weight is 763 g/mol. The quantitative estimate of drug-likeness (QED) is 0.169. The van der Waals surface area contributed by atoms with E-state index < -0.39 is 0 Å². The van der Waals surface area contributed by atoms with E-state index in [0.29, 0.717) is 11.1 Å². The summed E-state index contributed by atoms with van der Waals surface area (Å²) in [5.41, 5.74) is 14.0. The van der Waals surface area contributed by atoms with E-state index in [-0.39, 0.29) is 0 Å². The van der Waals surface area contributed by atoms with Gasteiger partial charge in [-0.3, -0.25) is 0 Å². The van der Waals surface area contributed by atoms with Crippen LogP contribution in [0.5, 0.6) is 0 Å². The largest absolute Gasteiger partial charge is 0.309 e. The molecule has 0 aliphatic heterocycles. The van der Waals surface area contributed by atoms with E-state index in [1.807, 2.05) is 60.7 Å². The smallest absolute Gasteiger partial charge is 0.100 e. The Kier molecular flexibility index (Phi) is 8.22. The summed E-state index contributed by atoms with van der Waals surface area (Å²) in [6.07, 6.45) is 0. The van der Waals surface area contributed by atoms with Crippen molar-refractivity contribution in [3.05, 3.63) is 217 Å². The van der Waals surface area contributed by atoms with Crippen LogP contribution < -0.4 is 0 Å². The summed E-state index contributed by atoms with van der Waals surface area (Å²) in [5, 5.41) is 27.6. The maximum Gasteiger partial charge on any atom is 0.100 e. The summed E-state index contributed by atoms with van der Waals surface area (Å²) in [6, 6.07) is 76.2. The van der Waals surface area contributed by atoms with Crippen LogP contribution in [0.15, 0.2) is 206 Å². The molecule has 0 aliphatic rings. The van der Waals surface area contributed by atoms with Crippen molar-refractivity contribution >= 4 is 43.6 Å². The van der Waals surface area contributed by atoms with Gasteiger partial charge in [0.1, 0.15) is 12.1 Å². The van der Waals surface area contributed by atoms with Crippen molar-refractivity contribution in [2.75, 3.05) is 0 Å². The van der Waals surface area contributed by atoms with Gasteiger partial charge >= 0.3 is 0 Å². The fourth-order valence-electron chi connectivity index (χ4n) is 9.29. The van der Waals surface area contributed by atoms with Crippen LogP contribution >= 0.6 is 0 Å². The summed E-state index contributed by atoms with van der Waals surface area (Å²) in [4.78, 5) is 0. The molecule has 2 aromatic heterocycles. The lowest BCUT2D eigenvalue weighted by Crippen LogP contribution is -2.03. The molecular weight excluding hydrogens is 729 g/mol. The standard InChI is InChI=1S/C56H34N4/c57-35-47-53(37-15-3-1-4-16-37)55(39-27-31-41(32-28-39)59-49-23-11-7-19-43(49)44-20-8-12-24-50(44)59)48(36-58)54(38-17-5-2-6-18-38)56(47)40-29-33-42(34-30-40)60-51-25-13-9-21-45(51)46-22-10-14-26-52(46)60/h1-34H. The number of fused-ring (bicyclic) bond motifs is 6. The molecule has 0 unspecified atom stereocenters. The van der Waals surface area contributed by atoms with Crippen LogP contribution in [0.1, 0.15) is 11.1 Å². The normalized spacial score (nSPS) is 11.3. The first-order valence-corrected chi connectivity index (χ1v) is 20.1. The van der Waals surface area contributed by atoms with Gasteiger partial charge in [0.15, 0.2) is 0 Å². The zero-order valence-electron chi connectivity index (χ0n) is 32.4. The third kappa shape index (κ3) is 5.37. The van der Waals surface area contributed by atoms with Crippen LogP contribution in [0.2, 0.25) is 0 Å². The van der Waals surface area contributed by atoms with Crippen LogP contribution in [0.25, 0.3) is 99.5 Å². The molecule has 11 aromatic rings. The molecule has 0 spiro atoms. The number of nitriles is 2. The SMILES string of the molecule is N#Cc1c(-c2ccccc2)c(-c2ccc(-n3c4ccccc4c4ccccc43)cc2)c(C#N)c(-c2ccccc2)c1-c1ccc(-n2c3ccccc3c3ccccc32)cc1. The van der Waals surface area contributed by atoms with Gasteiger partial charge in [0.25, 0.3) is 0 Å². The molecule has 0 N–H and O–H groups in total. The van der Waals surface area contributed by atoms with Gasteiger partial charge < -0.3 is 9.13 Å². The van der Waals surface area contributed by atoms with Gasteiger partial charge in [-0.2, -0.15) is 10.5 Å². The van der Waals surface area contributed by atoms with E-state index in [4.69, 9.17) is 0 Å². The third-order valence-electron chi connectivity index (χ3n) is 11.8. The van der Waals surface area contributed by atoms with Crippen LogP contribution in [-0.4, -0.2) is 9.13 Å². The molecule has 0 fully saturated rings. The fraction of sp³-hybridized carbons (Fsp3) is 0. The van der Waals surface area contributed by atoms with E-state index in [2.05, 4.69) is 167 Å². The van der Waals surface area contributed by atoms with Gasteiger partial charge in [-0.15, -0.1) is 0 Å². The monoisotopic (exact) mass is 762 g/mol. The Morgan fingerprint density at radius 2 is 0.517 bits per heavy atom. The minimum absolute atomic E-state index is 0.519. The average Bonchev–Trinajstić information content (AvgIpc) is 3.84. The van der Waals surface area contributed by atoms with Gasteiger partial charge in [0, 0.05) is 55.2 Å². The highest BCUT2D eigenvalue weighted by atomic mass is 15.0. The first-order valence-electron chi connectivity index (χ1n) is 20.1. The Bertz CT molecular complexity index is 3180. The van der Waals surface area contributed by atoms with E-state index in [0.717, 1.165) is 77.9 Å². The van der Waals surface area contributed by atoms with Crippen LogP contribution in [0.4, 0.5) is 0 Å². The summed E-state index contributed by atoms with van der Waals surface area (Å²) in [5.74, 6) is 0. The maximum atomic E-state index is 11.4. The minimum atomic E-state index is 0.519. The van der Waals surface area contributed by atoms with Crippen molar-refractivity contribution in [3.63, 3.8) is 0 Å². The highest BCUT2D eigenvalue weighted by molar-refractivity contribution is 6.11. The van der Waals surface area contributed by atoms with Crippen molar-refractivity contribution in [2.45, 2.75) is 0 Å². The number of hydrogen-bond donors (Lipinski definition) is 0. The third-order valence-corrected chi connectivity index (χ3v) is 11.8. The summed E-state index contributed by atoms with van der Waals surface area (Å²) in [6.45, 7) is 0. The second-order valence-corrected chi connectivity index (χ2v) is 15.0. The highest BCUT2D eigenvalue weighted by Gasteiger charge is 2.28. The fourth-order valence-corrected chi connectivity index (χ4v) is 9.29. The number of hydrogen-bond acceptors (Lipinski definition) is 2. The number of benzene rings is 9. The Balaban J connectivity index is 1.16. The molecule has 0 saturated heterocycles. The topological polar surface area (TPSA) is 57.4 Å². The summed E-state index contributed by atoms with van der Waals surface area (Å²) >= 11 is 0. The lowest BCUT2D eigenvalue weighted by molar-refractivity contribution is 1.18. The van der Waals surface area contributed by atoms with Crippen molar-refractivity contribution in [3.8, 4) is 68.0 Å².